The SMILES string of the molecule is Nc1cn(Cc2ccccc2)nc1-c1ccc(F)c(Cl)c1. The van der Waals surface area contributed by atoms with Gasteiger partial charge in [0.15, 0.2) is 0 Å². The molecule has 0 radical (unpaired) electrons. The largest absolute Gasteiger partial charge is 0.396 e. The maximum absolute atomic E-state index is 13.2. The van der Waals surface area contributed by atoms with Crippen LogP contribution in [0.3, 0.4) is 0 Å². The third kappa shape index (κ3) is 2.90. The van der Waals surface area contributed by atoms with Gasteiger partial charge in [0.05, 0.1) is 17.3 Å². The van der Waals surface area contributed by atoms with Crippen LogP contribution in [0.15, 0.2) is 54.7 Å². The van der Waals surface area contributed by atoms with Crippen molar-refractivity contribution in [1.82, 2.24) is 9.78 Å². The number of hydrogen-bond acceptors (Lipinski definition) is 2. The minimum absolute atomic E-state index is 0.0597. The summed E-state index contributed by atoms with van der Waals surface area (Å²) in [5, 5.41) is 4.52. The highest BCUT2D eigenvalue weighted by Crippen LogP contribution is 2.28. The number of hydrogen-bond donors (Lipinski definition) is 1. The Morgan fingerprint density at radius 1 is 1.14 bits per heavy atom. The molecule has 3 rings (SSSR count). The van der Waals surface area contributed by atoms with Crippen LogP contribution >= 0.6 is 11.6 Å². The average Bonchev–Trinajstić information content (AvgIpc) is 2.84. The van der Waals surface area contributed by atoms with E-state index < -0.39 is 5.82 Å². The molecule has 2 aromatic carbocycles. The number of aromatic nitrogens is 2. The van der Waals surface area contributed by atoms with Crippen LogP contribution in [0, 0.1) is 5.82 Å². The van der Waals surface area contributed by atoms with Crippen molar-refractivity contribution in [3.05, 3.63) is 71.1 Å². The lowest BCUT2D eigenvalue weighted by Crippen LogP contribution is -2.00. The molecule has 3 nitrogen and oxygen atoms in total. The summed E-state index contributed by atoms with van der Waals surface area (Å²) in [5.74, 6) is -0.456. The summed E-state index contributed by atoms with van der Waals surface area (Å²) < 4.78 is 15.0. The molecule has 0 saturated heterocycles. The third-order valence-electron chi connectivity index (χ3n) is 3.17. The summed E-state index contributed by atoms with van der Waals surface area (Å²) in [4.78, 5) is 0. The van der Waals surface area contributed by atoms with Crippen molar-refractivity contribution in [3.8, 4) is 11.3 Å². The third-order valence-corrected chi connectivity index (χ3v) is 3.46. The minimum Gasteiger partial charge on any atom is -0.396 e. The number of nitrogens with zero attached hydrogens (tertiary/aromatic N) is 2. The molecule has 0 spiro atoms. The Bertz CT molecular complexity index is 768. The Balaban J connectivity index is 1.92. The zero-order valence-corrected chi connectivity index (χ0v) is 11.9. The fourth-order valence-electron chi connectivity index (χ4n) is 2.16. The second-order valence-electron chi connectivity index (χ2n) is 4.75. The van der Waals surface area contributed by atoms with E-state index in [1.807, 2.05) is 30.3 Å². The summed E-state index contributed by atoms with van der Waals surface area (Å²) in [6, 6.07) is 14.4. The van der Waals surface area contributed by atoms with E-state index in [4.69, 9.17) is 17.3 Å². The number of nitrogen functional groups attached to an aromatic ring is 1. The lowest BCUT2D eigenvalue weighted by Gasteiger charge is -2.02. The number of rotatable bonds is 3. The lowest BCUT2D eigenvalue weighted by atomic mass is 10.1. The van der Waals surface area contributed by atoms with Crippen LogP contribution in [0.4, 0.5) is 10.1 Å². The van der Waals surface area contributed by atoms with Gasteiger partial charge in [0.2, 0.25) is 0 Å². The van der Waals surface area contributed by atoms with E-state index in [0.29, 0.717) is 23.5 Å². The molecule has 0 saturated carbocycles. The first kappa shape index (κ1) is 13.6. The minimum atomic E-state index is -0.456. The first-order valence-electron chi connectivity index (χ1n) is 6.46. The van der Waals surface area contributed by atoms with Gasteiger partial charge in [-0.3, -0.25) is 4.68 Å². The summed E-state index contributed by atoms with van der Waals surface area (Å²) in [7, 11) is 0. The molecule has 0 aliphatic rings. The first-order valence-corrected chi connectivity index (χ1v) is 6.83. The summed E-state index contributed by atoms with van der Waals surface area (Å²) in [5.41, 5.74) is 8.96. The number of halogens is 2. The monoisotopic (exact) mass is 301 g/mol. The molecule has 2 N–H and O–H groups in total. The average molecular weight is 302 g/mol. The smallest absolute Gasteiger partial charge is 0.141 e. The van der Waals surface area contributed by atoms with E-state index in [0.717, 1.165) is 5.56 Å². The highest BCUT2D eigenvalue weighted by Gasteiger charge is 2.11. The van der Waals surface area contributed by atoms with Gasteiger partial charge in [0.1, 0.15) is 11.5 Å². The molecule has 106 valence electrons. The second kappa shape index (κ2) is 5.58. The van der Waals surface area contributed by atoms with E-state index >= 15 is 0 Å². The van der Waals surface area contributed by atoms with Crippen LogP contribution in [-0.2, 0) is 6.54 Å². The Morgan fingerprint density at radius 2 is 1.90 bits per heavy atom. The van der Waals surface area contributed by atoms with Gasteiger partial charge < -0.3 is 5.73 Å². The van der Waals surface area contributed by atoms with Crippen LogP contribution in [0.5, 0.6) is 0 Å². The van der Waals surface area contributed by atoms with Gasteiger partial charge >= 0.3 is 0 Å². The molecule has 0 aliphatic carbocycles. The van der Waals surface area contributed by atoms with Crippen molar-refractivity contribution in [3.63, 3.8) is 0 Å². The predicted octanol–water partition coefficient (Wildman–Crippen LogP) is 3.97. The standard InChI is InChI=1S/C16H13ClFN3/c17-13-8-12(6-7-14(13)18)16-15(19)10-21(20-16)9-11-4-2-1-3-5-11/h1-8,10H,9,19H2. The van der Waals surface area contributed by atoms with Crippen LogP contribution < -0.4 is 5.73 Å². The van der Waals surface area contributed by atoms with Crippen LogP contribution in [0.25, 0.3) is 11.3 Å². The Hall–Kier alpha value is -2.33. The van der Waals surface area contributed by atoms with Crippen molar-refractivity contribution in [2.75, 3.05) is 5.73 Å². The van der Waals surface area contributed by atoms with Gasteiger partial charge in [0, 0.05) is 11.8 Å². The van der Waals surface area contributed by atoms with Crippen molar-refractivity contribution in [2.45, 2.75) is 6.54 Å². The van der Waals surface area contributed by atoms with E-state index in [1.54, 1.807) is 16.9 Å². The van der Waals surface area contributed by atoms with E-state index in [-0.39, 0.29) is 5.02 Å². The molecule has 0 unspecified atom stereocenters. The van der Waals surface area contributed by atoms with Gasteiger partial charge in [-0.25, -0.2) is 4.39 Å². The topological polar surface area (TPSA) is 43.8 Å². The highest BCUT2D eigenvalue weighted by molar-refractivity contribution is 6.31. The molecule has 0 bridgehead atoms. The highest BCUT2D eigenvalue weighted by atomic mass is 35.5. The fourth-order valence-corrected chi connectivity index (χ4v) is 2.34. The van der Waals surface area contributed by atoms with E-state index in [9.17, 15) is 4.39 Å². The lowest BCUT2D eigenvalue weighted by molar-refractivity contribution is 0.628. The maximum Gasteiger partial charge on any atom is 0.141 e. The molecule has 1 heterocycles. The van der Waals surface area contributed by atoms with E-state index in [2.05, 4.69) is 5.10 Å². The van der Waals surface area contributed by atoms with Gasteiger partial charge in [0.25, 0.3) is 0 Å². The molecule has 0 fully saturated rings. The Kier molecular flexibility index (Phi) is 3.62. The fraction of sp³-hybridized carbons (Fsp3) is 0.0625. The molecule has 0 atom stereocenters. The zero-order valence-electron chi connectivity index (χ0n) is 11.1. The van der Waals surface area contributed by atoms with Crippen LogP contribution in [-0.4, -0.2) is 9.78 Å². The molecule has 0 amide bonds. The molecular formula is C16H13ClFN3. The van der Waals surface area contributed by atoms with Gasteiger partial charge in [-0.15, -0.1) is 0 Å². The van der Waals surface area contributed by atoms with Gasteiger partial charge in [-0.1, -0.05) is 41.9 Å². The molecule has 21 heavy (non-hydrogen) atoms. The molecule has 5 heteroatoms. The van der Waals surface area contributed by atoms with Gasteiger partial charge in [-0.2, -0.15) is 5.10 Å². The predicted molar refractivity (Wildman–Crippen MR) is 82.6 cm³/mol. The first-order chi connectivity index (χ1) is 10.1. The van der Waals surface area contributed by atoms with E-state index in [1.165, 1.54) is 12.1 Å². The number of anilines is 1. The number of nitrogens with two attached hydrogens (primary N) is 1. The van der Waals surface area contributed by atoms with Gasteiger partial charge in [-0.05, 0) is 23.8 Å². The van der Waals surface area contributed by atoms with Crippen molar-refractivity contribution in [1.29, 1.82) is 0 Å². The molecule has 3 aromatic rings. The quantitative estimate of drug-likeness (QED) is 0.795. The summed E-state index contributed by atoms with van der Waals surface area (Å²) in [6.45, 7) is 0.625. The Labute approximate surface area is 126 Å². The van der Waals surface area contributed by atoms with Crippen LogP contribution in [0.2, 0.25) is 5.02 Å². The zero-order chi connectivity index (χ0) is 14.8. The normalized spacial score (nSPS) is 10.8. The maximum atomic E-state index is 13.2. The van der Waals surface area contributed by atoms with Crippen molar-refractivity contribution in [2.24, 2.45) is 0 Å². The summed E-state index contributed by atoms with van der Waals surface area (Å²) >= 11 is 5.80. The second-order valence-corrected chi connectivity index (χ2v) is 5.15. The summed E-state index contributed by atoms with van der Waals surface area (Å²) in [6.07, 6.45) is 1.76. The Morgan fingerprint density at radius 3 is 2.62 bits per heavy atom. The van der Waals surface area contributed by atoms with Crippen molar-refractivity contribution >= 4 is 17.3 Å². The molecule has 0 aliphatic heterocycles. The molecule has 1 aromatic heterocycles. The number of benzene rings is 2. The van der Waals surface area contributed by atoms with Crippen LogP contribution in [0.1, 0.15) is 5.56 Å². The molecular weight excluding hydrogens is 289 g/mol. The van der Waals surface area contributed by atoms with Crippen molar-refractivity contribution < 1.29 is 4.39 Å².